The van der Waals surface area contributed by atoms with Crippen LogP contribution in [0.1, 0.15) is 17.0 Å². The highest BCUT2D eigenvalue weighted by Gasteiger charge is 2.29. The predicted molar refractivity (Wildman–Crippen MR) is 181 cm³/mol. The number of rotatable bonds is 30. The minimum Gasteiger partial charge on any atom is -0.448 e. The van der Waals surface area contributed by atoms with Gasteiger partial charge in [0.1, 0.15) is 6.61 Å². The van der Waals surface area contributed by atoms with E-state index in [1.165, 1.54) is 22.3 Å². The van der Waals surface area contributed by atoms with E-state index in [2.05, 4.69) is 24.3 Å². The lowest BCUT2D eigenvalue weighted by atomic mass is 9.98. The number of nitrogens with zero attached hydrogens (tertiary/aromatic N) is 1. The molecule has 1 aliphatic carbocycles. The average Bonchev–Trinajstić information content (AvgIpc) is 3.43. The smallest absolute Gasteiger partial charge is 0.409 e. The fourth-order valence-electron chi connectivity index (χ4n) is 5.02. The average molecular weight is 678 g/mol. The summed E-state index contributed by atoms with van der Waals surface area (Å²) in [7, 11) is 0. The summed E-state index contributed by atoms with van der Waals surface area (Å²) in [6.45, 7) is 9.26. The molecule has 0 atom stereocenters. The molecule has 0 fully saturated rings. The number of nitrogens with two attached hydrogens (primary N) is 2. The van der Waals surface area contributed by atoms with E-state index < -0.39 is 6.09 Å². The zero-order chi connectivity index (χ0) is 33.9. The molecule has 4 N–H and O–H groups in total. The molecule has 2 aromatic rings. The Hall–Kier alpha value is -2.69. The van der Waals surface area contributed by atoms with Crippen molar-refractivity contribution < 1.29 is 47.4 Å². The van der Waals surface area contributed by atoms with Crippen LogP contribution in [-0.2, 0) is 42.6 Å². The molecule has 0 saturated heterocycles. The van der Waals surface area contributed by atoms with Crippen molar-refractivity contribution in [2.45, 2.75) is 5.92 Å². The summed E-state index contributed by atoms with van der Waals surface area (Å²) in [5.41, 5.74) is 15.5. The molecule has 13 nitrogen and oxygen atoms in total. The summed E-state index contributed by atoms with van der Waals surface area (Å²) in [4.78, 5) is 14.9. The van der Waals surface area contributed by atoms with Gasteiger partial charge in [0.05, 0.1) is 106 Å². The lowest BCUT2D eigenvalue weighted by Crippen LogP contribution is -2.38. The largest absolute Gasteiger partial charge is 0.448 e. The van der Waals surface area contributed by atoms with Crippen molar-refractivity contribution in [2.75, 3.05) is 138 Å². The van der Waals surface area contributed by atoms with Crippen LogP contribution in [0.15, 0.2) is 48.5 Å². The number of fused-ring (bicyclic) bond motifs is 3. The minimum absolute atomic E-state index is 0.0186. The summed E-state index contributed by atoms with van der Waals surface area (Å²) in [5, 5.41) is 0. The highest BCUT2D eigenvalue weighted by atomic mass is 16.6. The summed E-state index contributed by atoms with van der Waals surface area (Å²) in [6, 6.07) is 16.5. The van der Waals surface area contributed by atoms with Gasteiger partial charge in [-0.3, -0.25) is 0 Å². The topological polar surface area (TPSA) is 155 Å². The third-order valence-corrected chi connectivity index (χ3v) is 7.36. The SMILES string of the molecule is NCCOCCOCCOCCOCCN(CCOCCOCCOCCOCCN)C(=O)OCC1c2ccccc2-c2ccccc21. The van der Waals surface area contributed by atoms with Crippen LogP contribution in [-0.4, -0.2) is 149 Å². The van der Waals surface area contributed by atoms with E-state index in [4.69, 9.17) is 54.1 Å². The van der Waals surface area contributed by atoms with Crippen LogP contribution in [0, 0.1) is 0 Å². The second kappa shape index (κ2) is 26.2. The first-order valence-electron chi connectivity index (χ1n) is 16.9. The van der Waals surface area contributed by atoms with Gasteiger partial charge in [0.25, 0.3) is 0 Å². The molecule has 0 saturated carbocycles. The highest BCUT2D eigenvalue weighted by Crippen LogP contribution is 2.44. The molecule has 0 aromatic heterocycles. The molecule has 0 heterocycles. The Labute approximate surface area is 284 Å². The van der Waals surface area contributed by atoms with E-state index in [0.717, 1.165) is 0 Å². The number of ether oxygens (including phenoxy) is 9. The van der Waals surface area contributed by atoms with Crippen molar-refractivity contribution in [3.63, 3.8) is 0 Å². The molecule has 2 aromatic carbocycles. The highest BCUT2D eigenvalue weighted by molar-refractivity contribution is 5.79. The van der Waals surface area contributed by atoms with Crippen molar-refractivity contribution in [2.24, 2.45) is 11.5 Å². The third kappa shape index (κ3) is 15.7. The summed E-state index contributed by atoms with van der Waals surface area (Å²) in [5.74, 6) is -0.0186. The van der Waals surface area contributed by atoms with E-state index in [0.29, 0.717) is 132 Å². The number of carbonyl (C=O) groups excluding carboxylic acids is 1. The molecule has 0 radical (unpaired) electrons. The van der Waals surface area contributed by atoms with Crippen LogP contribution in [0.4, 0.5) is 4.79 Å². The second-order valence-electron chi connectivity index (χ2n) is 10.8. The predicted octanol–water partition coefficient (Wildman–Crippen LogP) is 2.29. The van der Waals surface area contributed by atoms with Crippen LogP contribution in [0.25, 0.3) is 11.1 Å². The van der Waals surface area contributed by atoms with Crippen molar-refractivity contribution in [1.82, 2.24) is 4.90 Å². The van der Waals surface area contributed by atoms with Gasteiger partial charge in [0.2, 0.25) is 0 Å². The van der Waals surface area contributed by atoms with Crippen molar-refractivity contribution in [3.05, 3.63) is 59.7 Å². The summed E-state index contributed by atoms with van der Waals surface area (Å²) in [6.07, 6.45) is -0.406. The third-order valence-electron chi connectivity index (χ3n) is 7.36. The Kier molecular flexibility index (Phi) is 21.7. The molecule has 0 bridgehead atoms. The van der Waals surface area contributed by atoms with Crippen LogP contribution < -0.4 is 11.5 Å². The quantitative estimate of drug-likeness (QED) is 0.117. The zero-order valence-corrected chi connectivity index (χ0v) is 28.2. The summed E-state index contributed by atoms with van der Waals surface area (Å²) >= 11 is 0. The van der Waals surface area contributed by atoms with E-state index in [9.17, 15) is 4.79 Å². The van der Waals surface area contributed by atoms with Gasteiger partial charge in [-0.25, -0.2) is 4.79 Å². The number of hydrogen-bond acceptors (Lipinski definition) is 12. The van der Waals surface area contributed by atoms with Gasteiger partial charge in [0, 0.05) is 32.1 Å². The number of benzene rings is 2. The maximum absolute atomic E-state index is 13.3. The first kappa shape index (κ1) is 39.7. The van der Waals surface area contributed by atoms with Gasteiger partial charge < -0.3 is 59.0 Å². The van der Waals surface area contributed by atoms with Crippen molar-refractivity contribution in [1.29, 1.82) is 0 Å². The molecular weight excluding hydrogens is 622 g/mol. The molecule has 0 aliphatic heterocycles. The van der Waals surface area contributed by atoms with Gasteiger partial charge in [-0.05, 0) is 22.3 Å². The van der Waals surface area contributed by atoms with Crippen LogP contribution >= 0.6 is 0 Å². The van der Waals surface area contributed by atoms with E-state index in [-0.39, 0.29) is 12.5 Å². The van der Waals surface area contributed by atoms with E-state index in [1.54, 1.807) is 4.90 Å². The number of carbonyl (C=O) groups is 1. The molecule has 13 heteroatoms. The molecular formula is C35H55N3O10. The van der Waals surface area contributed by atoms with Crippen molar-refractivity contribution in [3.8, 4) is 11.1 Å². The fraction of sp³-hybridized carbons (Fsp3) is 0.629. The second-order valence-corrected chi connectivity index (χ2v) is 10.8. The van der Waals surface area contributed by atoms with Gasteiger partial charge in [0.15, 0.2) is 0 Å². The Bertz CT molecular complexity index is 1040. The molecule has 1 aliphatic rings. The Morgan fingerprint density at radius 3 is 1.21 bits per heavy atom. The number of hydrogen-bond donors (Lipinski definition) is 2. The fourth-order valence-corrected chi connectivity index (χ4v) is 5.02. The van der Waals surface area contributed by atoms with Crippen LogP contribution in [0.3, 0.4) is 0 Å². The Morgan fingerprint density at radius 1 is 0.500 bits per heavy atom. The maximum Gasteiger partial charge on any atom is 0.409 e. The Morgan fingerprint density at radius 2 is 0.833 bits per heavy atom. The lowest BCUT2D eigenvalue weighted by molar-refractivity contribution is -0.00834. The van der Waals surface area contributed by atoms with Gasteiger partial charge in [-0.1, -0.05) is 48.5 Å². The Balaban J connectivity index is 1.35. The van der Waals surface area contributed by atoms with Crippen molar-refractivity contribution >= 4 is 6.09 Å². The maximum atomic E-state index is 13.3. The summed E-state index contributed by atoms with van der Waals surface area (Å²) < 4.78 is 49.9. The number of amides is 1. The minimum atomic E-state index is -0.406. The molecule has 270 valence electrons. The molecule has 3 rings (SSSR count). The lowest BCUT2D eigenvalue weighted by Gasteiger charge is -2.23. The van der Waals surface area contributed by atoms with Gasteiger partial charge >= 0.3 is 6.09 Å². The zero-order valence-electron chi connectivity index (χ0n) is 28.2. The van der Waals surface area contributed by atoms with Crippen LogP contribution in [0.5, 0.6) is 0 Å². The first-order chi connectivity index (χ1) is 23.8. The van der Waals surface area contributed by atoms with E-state index >= 15 is 0 Å². The monoisotopic (exact) mass is 677 g/mol. The molecule has 48 heavy (non-hydrogen) atoms. The first-order valence-corrected chi connectivity index (χ1v) is 16.9. The molecule has 0 unspecified atom stereocenters. The normalized spacial score (nSPS) is 12.3. The molecule has 0 spiro atoms. The van der Waals surface area contributed by atoms with Gasteiger partial charge in [-0.15, -0.1) is 0 Å². The standard InChI is InChI=1S/C35H55N3O10/c36-9-13-40-17-21-44-25-27-46-23-19-42-15-11-38(12-16-43-20-24-47-28-26-45-22-18-41-14-10-37)35(39)48-29-34-32-7-3-1-5-30(32)31-6-2-4-8-33(31)34/h1-8,34H,9-29,36-37H2. The molecule has 1 amide bonds. The van der Waals surface area contributed by atoms with Gasteiger partial charge in [-0.2, -0.15) is 0 Å². The van der Waals surface area contributed by atoms with E-state index in [1.807, 2.05) is 24.3 Å². The van der Waals surface area contributed by atoms with Crippen LogP contribution in [0.2, 0.25) is 0 Å².